The van der Waals surface area contributed by atoms with Gasteiger partial charge in [0.15, 0.2) is 0 Å². The zero-order valence-corrected chi connectivity index (χ0v) is 21.0. The van der Waals surface area contributed by atoms with Crippen LogP contribution in [0.5, 0.6) is 5.75 Å². The maximum atomic E-state index is 13.6. The first-order valence-electron chi connectivity index (χ1n) is 12.4. The highest BCUT2D eigenvalue weighted by Gasteiger charge is 2.29. The molecule has 37 heavy (non-hydrogen) atoms. The molecule has 0 radical (unpaired) electrons. The molecule has 4 aromatic rings. The number of nitrogens with zero attached hydrogens (tertiary/aromatic N) is 4. The molecule has 0 saturated carbocycles. The number of carbonyl (C=O) groups is 1. The summed E-state index contributed by atoms with van der Waals surface area (Å²) in [5.41, 5.74) is 4.25. The fourth-order valence-corrected chi connectivity index (χ4v) is 5.30. The molecule has 1 fully saturated rings. The lowest BCUT2D eigenvalue weighted by molar-refractivity contribution is -0.384. The van der Waals surface area contributed by atoms with Crippen LogP contribution in [0, 0.1) is 10.1 Å². The lowest BCUT2D eigenvalue weighted by Gasteiger charge is -2.36. The topological polar surface area (TPSA) is 80.8 Å². The zero-order valence-electron chi connectivity index (χ0n) is 21.0. The highest BCUT2D eigenvalue weighted by atomic mass is 16.6. The van der Waals surface area contributed by atoms with Gasteiger partial charge in [0.1, 0.15) is 5.75 Å². The number of anilines is 1. The van der Waals surface area contributed by atoms with E-state index in [9.17, 15) is 14.9 Å². The molecule has 0 aliphatic carbocycles. The summed E-state index contributed by atoms with van der Waals surface area (Å²) in [6, 6.07) is 22.8. The first kappa shape index (κ1) is 24.4. The molecular weight excluding hydrogens is 468 g/mol. The quantitative estimate of drug-likeness (QED) is 0.266. The molecule has 1 aromatic heterocycles. The largest absolute Gasteiger partial charge is 0.496 e. The van der Waals surface area contributed by atoms with Crippen LogP contribution in [-0.2, 0) is 11.8 Å². The number of nitro groups is 1. The zero-order chi connectivity index (χ0) is 25.9. The third-order valence-electron chi connectivity index (χ3n) is 7.25. The molecule has 1 saturated heterocycles. The summed E-state index contributed by atoms with van der Waals surface area (Å²) < 4.78 is 7.81. The molecule has 1 atom stereocenters. The van der Waals surface area contributed by atoms with Crippen LogP contribution in [0.1, 0.15) is 23.5 Å². The number of aromatic nitrogens is 1. The average Bonchev–Trinajstić information content (AvgIpc) is 3.28. The van der Waals surface area contributed by atoms with Crippen molar-refractivity contribution in [2.75, 3.05) is 38.2 Å². The minimum absolute atomic E-state index is 0.0772. The van der Waals surface area contributed by atoms with E-state index in [1.807, 2.05) is 48.3 Å². The Morgan fingerprint density at radius 3 is 2.32 bits per heavy atom. The molecule has 5 rings (SSSR count). The van der Waals surface area contributed by atoms with Crippen molar-refractivity contribution in [1.82, 2.24) is 9.47 Å². The number of hydrogen-bond acceptors (Lipinski definition) is 5. The molecule has 0 spiro atoms. The molecule has 2 heterocycles. The Bertz CT molecular complexity index is 1420. The fraction of sp³-hybridized carbons (Fsp3) is 0.276. The number of aryl methyl sites for hydroxylation is 1. The van der Waals surface area contributed by atoms with Gasteiger partial charge in [-0.3, -0.25) is 14.9 Å². The Labute approximate surface area is 215 Å². The molecule has 3 aromatic carbocycles. The predicted molar refractivity (Wildman–Crippen MR) is 144 cm³/mol. The summed E-state index contributed by atoms with van der Waals surface area (Å²) in [5, 5.41) is 12.1. The summed E-state index contributed by atoms with van der Waals surface area (Å²) in [6.07, 6.45) is 2.47. The predicted octanol–water partition coefficient (Wildman–Crippen LogP) is 4.97. The number of non-ortho nitro benzene ring substituents is 1. The average molecular weight is 499 g/mol. The van der Waals surface area contributed by atoms with Crippen molar-refractivity contribution in [3.05, 3.63) is 100 Å². The van der Waals surface area contributed by atoms with E-state index in [1.54, 1.807) is 19.2 Å². The summed E-state index contributed by atoms with van der Waals surface area (Å²) in [7, 11) is 3.70. The molecule has 0 N–H and O–H groups in total. The minimum atomic E-state index is -0.394. The van der Waals surface area contributed by atoms with E-state index >= 15 is 0 Å². The van der Waals surface area contributed by atoms with Gasteiger partial charge in [0, 0.05) is 86.0 Å². The van der Waals surface area contributed by atoms with Gasteiger partial charge in [-0.05, 0) is 29.8 Å². The first-order chi connectivity index (χ1) is 18.0. The van der Waals surface area contributed by atoms with E-state index in [0.717, 1.165) is 33.5 Å². The van der Waals surface area contributed by atoms with Crippen LogP contribution in [-0.4, -0.2) is 53.6 Å². The van der Waals surface area contributed by atoms with E-state index in [0.29, 0.717) is 32.6 Å². The van der Waals surface area contributed by atoms with Crippen molar-refractivity contribution in [1.29, 1.82) is 0 Å². The van der Waals surface area contributed by atoms with Gasteiger partial charge in [-0.2, -0.15) is 0 Å². The van der Waals surface area contributed by atoms with Crippen molar-refractivity contribution in [2.24, 2.45) is 7.05 Å². The normalized spacial score (nSPS) is 14.5. The number of amides is 1. The van der Waals surface area contributed by atoms with Gasteiger partial charge >= 0.3 is 0 Å². The summed E-state index contributed by atoms with van der Waals surface area (Å²) >= 11 is 0. The maximum absolute atomic E-state index is 13.6. The van der Waals surface area contributed by atoms with Gasteiger partial charge in [0.05, 0.1) is 12.0 Å². The smallest absolute Gasteiger partial charge is 0.269 e. The van der Waals surface area contributed by atoms with Gasteiger partial charge in [0.25, 0.3) is 5.69 Å². The number of para-hydroxylation sites is 2. The number of carbonyl (C=O) groups excluding carboxylic acids is 1. The molecular formula is C29H30N4O4. The SMILES string of the molecule is COc1ccccc1[C@@H](CC(=O)N1CCN(c2ccc([N+](=O)[O-])cc2)CC1)c1cn(C)c2ccccc12. The molecule has 8 heteroatoms. The van der Waals surface area contributed by atoms with Crippen molar-refractivity contribution in [2.45, 2.75) is 12.3 Å². The van der Waals surface area contributed by atoms with Crippen LogP contribution in [0.2, 0.25) is 0 Å². The number of fused-ring (bicyclic) bond motifs is 1. The summed E-state index contributed by atoms with van der Waals surface area (Å²) in [5.74, 6) is 0.728. The van der Waals surface area contributed by atoms with Crippen molar-refractivity contribution < 1.29 is 14.5 Å². The van der Waals surface area contributed by atoms with Crippen molar-refractivity contribution >= 4 is 28.2 Å². The lowest BCUT2D eigenvalue weighted by atomic mass is 9.87. The van der Waals surface area contributed by atoms with E-state index in [2.05, 4.69) is 27.8 Å². The number of piperazine rings is 1. The van der Waals surface area contributed by atoms with E-state index < -0.39 is 4.92 Å². The second-order valence-corrected chi connectivity index (χ2v) is 9.35. The third-order valence-corrected chi connectivity index (χ3v) is 7.25. The van der Waals surface area contributed by atoms with Crippen LogP contribution in [0.4, 0.5) is 11.4 Å². The summed E-state index contributed by atoms with van der Waals surface area (Å²) in [4.78, 5) is 28.3. The Morgan fingerprint density at radius 1 is 0.946 bits per heavy atom. The highest BCUT2D eigenvalue weighted by Crippen LogP contribution is 2.39. The number of benzene rings is 3. The van der Waals surface area contributed by atoms with E-state index in [4.69, 9.17) is 4.74 Å². The number of nitro benzene ring substituents is 1. The number of rotatable bonds is 7. The Balaban J connectivity index is 1.37. The van der Waals surface area contributed by atoms with Gasteiger partial charge in [-0.25, -0.2) is 0 Å². The molecule has 1 amide bonds. The standard InChI is InChI=1S/C29H30N4O4/c1-30-20-26(23-7-3-5-9-27(23)30)25(24-8-4-6-10-28(24)37-2)19-29(34)32-17-15-31(16-18-32)21-11-13-22(14-12-21)33(35)36/h3-14,20,25H,15-19H2,1-2H3/t25-/m1/s1. The Hall–Kier alpha value is -4.33. The molecule has 8 nitrogen and oxygen atoms in total. The van der Waals surface area contributed by atoms with Gasteiger partial charge in [-0.1, -0.05) is 36.4 Å². The summed E-state index contributed by atoms with van der Waals surface area (Å²) in [6.45, 7) is 2.56. The Kier molecular flexibility index (Phi) is 6.81. The molecule has 0 bridgehead atoms. The van der Waals surface area contributed by atoms with Crippen LogP contribution < -0.4 is 9.64 Å². The minimum Gasteiger partial charge on any atom is -0.496 e. The second-order valence-electron chi connectivity index (χ2n) is 9.35. The van der Waals surface area contributed by atoms with Gasteiger partial charge in [0.2, 0.25) is 5.91 Å². The number of hydrogen-bond donors (Lipinski definition) is 0. The molecule has 190 valence electrons. The van der Waals surface area contributed by atoms with E-state index in [1.165, 1.54) is 12.1 Å². The van der Waals surface area contributed by atoms with Gasteiger partial charge < -0.3 is 19.1 Å². The number of methoxy groups -OCH3 is 1. The van der Waals surface area contributed by atoms with Crippen LogP contribution in [0.25, 0.3) is 10.9 Å². The molecule has 1 aliphatic rings. The fourth-order valence-electron chi connectivity index (χ4n) is 5.30. The second kappa shape index (κ2) is 10.3. The monoisotopic (exact) mass is 498 g/mol. The van der Waals surface area contributed by atoms with Crippen LogP contribution in [0.15, 0.2) is 79.0 Å². The van der Waals surface area contributed by atoms with E-state index in [-0.39, 0.29) is 17.5 Å². The lowest BCUT2D eigenvalue weighted by Crippen LogP contribution is -2.49. The first-order valence-corrected chi connectivity index (χ1v) is 12.4. The van der Waals surface area contributed by atoms with Crippen LogP contribution in [0.3, 0.4) is 0 Å². The highest BCUT2D eigenvalue weighted by molar-refractivity contribution is 5.87. The maximum Gasteiger partial charge on any atom is 0.269 e. The molecule has 1 aliphatic heterocycles. The van der Waals surface area contributed by atoms with Crippen LogP contribution >= 0.6 is 0 Å². The van der Waals surface area contributed by atoms with Crippen molar-refractivity contribution in [3.8, 4) is 5.75 Å². The third kappa shape index (κ3) is 4.87. The van der Waals surface area contributed by atoms with Crippen molar-refractivity contribution in [3.63, 3.8) is 0 Å². The number of ether oxygens (including phenoxy) is 1. The Morgan fingerprint density at radius 2 is 1.62 bits per heavy atom. The molecule has 0 unspecified atom stereocenters. The van der Waals surface area contributed by atoms with Gasteiger partial charge in [-0.15, -0.1) is 0 Å².